The molecule has 0 bridgehead atoms. The number of rotatable bonds is 5. The maximum Gasteiger partial charge on any atom is 0.276 e. The first-order valence-corrected chi connectivity index (χ1v) is 9.24. The van der Waals surface area contributed by atoms with Gasteiger partial charge in [-0.15, -0.1) is 0 Å². The van der Waals surface area contributed by atoms with Crippen molar-refractivity contribution in [2.24, 2.45) is 5.10 Å². The van der Waals surface area contributed by atoms with Crippen molar-refractivity contribution in [1.29, 1.82) is 0 Å². The number of nitrogens with zero attached hydrogens (tertiary/aromatic N) is 2. The van der Waals surface area contributed by atoms with Crippen LogP contribution < -0.4 is 4.83 Å². The van der Waals surface area contributed by atoms with Crippen LogP contribution in [0.5, 0.6) is 0 Å². The molecule has 1 N–H and O–H groups in total. The average molecular weight is 372 g/mol. The van der Waals surface area contributed by atoms with E-state index < -0.39 is 10.0 Å². The predicted molar refractivity (Wildman–Crippen MR) is 98.1 cm³/mol. The SMILES string of the molecule is O=S(=O)(NN=C(c1ccccc1)c1ccccn1)c1ccc(Cl)cc1. The number of aromatic nitrogens is 1. The highest BCUT2D eigenvalue weighted by Crippen LogP contribution is 2.14. The molecule has 25 heavy (non-hydrogen) atoms. The van der Waals surface area contributed by atoms with Gasteiger partial charge in [0.1, 0.15) is 5.71 Å². The Labute approximate surface area is 151 Å². The van der Waals surface area contributed by atoms with Crippen molar-refractivity contribution in [3.8, 4) is 0 Å². The molecule has 7 heteroatoms. The van der Waals surface area contributed by atoms with Crippen molar-refractivity contribution >= 4 is 27.3 Å². The van der Waals surface area contributed by atoms with Gasteiger partial charge in [-0.05, 0) is 36.4 Å². The van der Waals surface area contributed by atoms with Gasteiger partial charge in [0, 0.05) is 16.8 Å². The third-order valence-electron chi connectivity index (χ3n) is 3.36. The Balaban J connectivity index is 1.98. The van der Waals surface area contributed by atoms with Crippen LogP contribution in [0.25, 0.3) is 0 Å². The number of sulfonamides is 1. The first kappa shape index (κ1) is 17.1. The minimum atomic E-state index is -3.81. The maximum absolute atomic E-state index is 12.4. The van der Waals surface area contributed by atoms with Crippen molar-refractivity contribution in [2.45, 2.75) is 4.90 Å². The first-order chi connectivity index (χ1) is 12.1. The lowest BCUT2D eigenvalue weighted by molar-refractivity contribution is 0.584. The standard InChI is InChI=1S/C18H14ClN3O2S/c19-15-9-11-16(12-10-15)25(23,24)22-21-18(14-6-2-1-3-7-14)17-8-4-5-13-20-17/h1-13,22H. The van der Waals surface area contributed by atoms with Crippen LogP contribution in [-0.4, -0.2) is 19.1 Å². The lowest BCUT2D eigenvalue weighted by atomic mass is 10.1. The van der Waals surface area contributed by atoms with Crippen LogP contribution >= 0.6 is 11.6 Å². The number of halogens is 1. The van der Waals surface area contributed by atoms with Gasteiger partial charge in [-0.1, -0.05) is 48.0 Å². The van der Waals surface area contributed by atoms with Gasteiger partial charge < -0.3 is 0 Å². The summed E-state index contributed by atoms with van der Waals surface area (Å²) in [6.45, 7) is 0. The molecule has 0 radical (unpaired) electrons. The molecule has 5 nitrogen and oxygen atoms in total. The summed E-state index contributed by atoms with van der Waals surface area (Å²) in [4.78, 5) is 6.60. The molecule has 0 atom stereocenters. The van der Waals surface area contributed by atoms with Crippen molar-refractivity contribution in [1.82, 2.24) is 9.82 Å². The molecule has 0 aliphatic heterocycles. The Kier molecular flexibility index (Phi) is 5.11. The molecule has 0 fully saturated rings. The van der Waals surface area contributed by atoms with E-state index in [0.29, 0.717) is 16.4 Å². The Morgan fingerprint density at radius 2 is 1.60 bits per heavy atom. The second-order valence-corrected chi connectivity index (χ2v) is 7.19. The van der Waals surface area contributed by atoms with Crippen molar-refractivity contribution in [3.63, 3.8) is 0 Å². The van der Waals surface area contributed by atoms with Crippen LogP contribution in [-0.2, 0) is 10.0 Å². The van der Waals surface area contributed by atoms with Crippen LogP contribution in [0.1, 0.15) is 11.3 Å². The maximum atomic E-state index is 12.4. The number of benzene rings is 2. The van der Waals surface area contributed by atoms with Crippen LogP contribution in [0.15, 0.2) is 89.0 Å². The van der Waals surface area contributed by atoms with Gasteiger partial charge in [0.15, 0.2) is 0 Å². The lowest BCUT2D eigenvalue weighted by Crippen LogP contribution is -2.21. The summed E-state index contributed by atoms with van der Waals surface area (Å²) in [7, 11) is -3.81. The molecule has 0 unspecified atom stereocenters. The second kappa shape index (κ2) is 7.46. The van der Waals surface area contributed by atoms with E-state index >= 15 is 0 Å². The van der Waals surface area contributed by atoms with E-state index in [2.05, 4.69) is 14.9 Å². The van der Waals surface area contributed by atoms with Gasteiger partial charge in [-0.2, -0.15) is 18.4 Å². The van der Waals surface area contributed by atoms with Gasteiger partial charge in [0.25, 0.3) is 10.0 Å². The van der Waals surface area contributed by atoms with Crippen LogP contribution in [0.4, 0.5) is 0 Å². The molecule has 2 aromatic carbocycles. The molecule has 0 saturated heterocycles. The minimum absolute atomic E-state index is 0.0779. The zero-order chi connectivity index (χ0) is 17.7. The summed E-state index contributed by atoms with van der Waals surface area (Å²) in [6.07, 6.45) is 1.63. The summed E-state index contributed by atoms with van der Waals surface area (Å²) in [5.41, 5.74) is 1.74. The molecular formula is C18H14ClN3O2S. The topological polar surface area (TPSA) is 71.4 Å². The Hall–Kier alpha value is -2.70. The summed E-state index contributed by atoms with van der Waals surface area (Å²) in [5, 5.41) is 4.58. The van der Waals surface area contributed by atoms with E-state index in [1.807, 2.05) is 36.4 Å². The molecule has 0 spiro atoms. The van der Waals surface area contributed by atoms with Crippen molar-refractivity contribution < 1.29 is 8.42 Å². The number of hydrogen-bond donors (Lipinski definition) is 1. The smallest absolute Gasteiger partial charge is 0.255 e. The van der Waals surface area contributed by atoms with Gasteiger partial charge >= 0.3 is 0 Å². The number of hydrogen-bond acceptors (Lipinski definition) is 4. The summed E-state index contributed by atoms with van der Waals surface area (Å²) in [5.74, 6) is 0. The highest BCUT2D eigenvalue weighted by Gasteiger charge is 2.15. The molecule has 126 valence electrons. The van der Waals surface area contributed by atoms with Gasteiger partial charge in [-0.25, -0.2) is 0 Å². The quantitative estimate of drug-likeness (QED) is 0.551. The highest BCUT2D eigenvalue weighted by atomic mass is 35.5. The fourth-order valence-corrected chi connectivity index (χ4v) is 3.08. The van der Waals surface area contributed by atoms with Crippen LogP contribution in [0, 0.1) is 0 Å². The summed E-state index contributed by atoms with van der Waals surface area (Å²) in [6, 6.07) is 20.5. The Bertz CT molecular complexity index is 932. The normalized spacial score (nSPS) is 12.0. The van der Waals surface area contributed by atoms with Gasteiger partial charge in [0.05, 0.1) is 10.6 Å². The third kappa shape index (κ3) is 4.23. The molecule has 0 amide bonds. The minimum Gasteiger partial charge on any atom is -0.255 e. The Morgan fingerprint density at radius 1 is 0.920 bits per heavy atom. The summed E-state index contributed by atoms with van der Waals surface area (Å²) >= 11 is 5.80. The van der Waals surface area contributed by atoms with Gasteiger partial charge in [-0.3, -0.25) is 4.98 Å². The molecule has 1 heterocycles. The van der Waals surface area contributed by atoms with Crippen molar-refractivity contribution in [2.75, 3.05) is 0 Å². The van der Waals surface area contributed by atoms with E-state index in [4.69, 9.17) is 11.6 Å². The monoisotopic (exact) mass is 371 g/mol. The third-order valence-corrected chi connectivity index (χ3v) is 4.83. The van der Waals surface area contributed by atoms with Crippen molar-refractivity contribution in [3.05, 3.63) is 95.3 Å². The largest absolute Gasteiger partial charge is 0.276 e. The summed E-state index contributed by atoms with van der Waals surface area (Å²) < 4.78 is 24.9. The van der Waals surface area contributed by atoms with E-state index in [0.717, 1.165) is 5.56 Å². The molecular weight excluding hydrogens is 358 g/mol. The molecule has 1 aromatic heterocycles. The Morgan fingerprint density at radius 3 is 2.24 bits per heavy atom. The van der Waals surface area contributed by atoms with E-state index in [-0.39, 0.29) is 4.90 Å². The first-order valence-electron chi connectivity index (χ1n) is 7.38. The molecule has 0 saturated carbocycles. The lowest BCUT2D eigenvalue weighted by Gasteiger charge is -2.08. The molecule has 0 aliphatic carbocycles. The number of nitrogens with one attached hydrogen (secondary N) is 1. The van der Waals surface area contributed by atoms with Gasteiger partial charge in [0.2, 0.25) is 0 Å². The van der Waals surface area contributed by atoms with E-state index in [1.54, 1.807) is 18.3 Å². The number of pyridine rings is 1. The molecule has 0 aliphatic rings. The zero-order valence-electron chi connectivity index (χ0n) is 13.0. The second-order valence-electron chi connectivity index (χ2n) is 5.09. The van der Waals surface area contributed by atoms with Crippen LogP contribution in [0.3, 0.4) is 0 Å². The van der Waals surface area contributed by atoms with E-state index in [1.165, 1.54) is 24.3 Å². The van der Waals surface area contributed by atoms with E-state index in [9.17, 15) is 8.42 Å². The fraction of sp³-hybridized carbons (Fsp3) is 0. The predicted octanol–water partition coefficient (Wildman–Crippen LogP) is 3.47. The zero-order valence-corrected chi connectivity index (χ0v) is 14.6. The molecule has 3 aromatic rings. The van der Waals surface area contributed by atoms with Crippen LogP contribution in [0.2, 0.25) is 5.02 Å². The highest BCUT2D eigenvalue weighted by molar-refractivity contribution is 7.89. The fourth-order valence-electron chi connectivity index (χ4n) is 2.14. The average Bonchev–Trinajstić information content (AvgIpc) is 2.64. The molecule has 3 rings (SSSR count). The number of hydrazone groups is 1.